The number of hydrogen-bond acceptors (Lipinski definition) is 8. The Kier molecular flexibility index (Phi) is 5.41. The molecule has 0 saturated heterocycles. The lowest BCUT2D eigenvalue weighted by Gasteiger charge is -2.25. The third kappa shape index (κ3) is 3.89. The topological polar surface area (TPSA) is 191 Å². The fraction of sp³-hybridized carbons (Fsp3) is 0.714. The molecule has 0 aromatic rings. The number of hydrogen-bond donors (Lipinski definition) is 8. The summed E-state index contributed by atoms with van der Waals surface area (Å²) >= 11 is 0. The monoisotopic (exact) mass is 252 g/mol. The van der Waals surface area contributed by atoms with Crippen molar-refractivity contribution in [3.05, 3.63) is 0 Å². The Morgan fingerprint density at radius 3 is 1.41 bits per heavy atom. The van der Waals surface area contributed by atoms with Crippen LogP contribution in [0.5, 0.6) is 0 Å². The molecule has 0 aliphatic rings. The van der Waals surface area contributed by atoms with E-state index in [2.05, 4.69) is 0 Å². The molecular formula is C7H16N4O6. The van der Waals surface area contributed by atoms with Gasteiger partial charge < -0.3 is 20.4 Å². The molecule has 0 unspecified atom stereocenters. The van der Waals surface area contributed by atoms with Crippen molar-refractivity contribution in [2.75, 3.05) is 0 Å². The Balaban J connectivity index is 4.40. The van der Waals surface area contributed by atoms with Gasteiger partial charge in [0.2, 0.25) is 11.4 Å². The van der Waals surface area contributed by atoms with Crippen molar-refractivity contribution < 1.29 is 30.0 Å². The molecule has 10 N–H and O–H groups in total. The molecule has 0 aliphatic carbocycles. The van der Waals surface area contributed by atoms with Crippen LogP contribution in [0.3, 0.4) is 0 Å². The van der Waals surface area contributed by atoms with Crippen molar-refractivity contribution >= 4 is 11.9 Å². The minimum absolute atomic E-state index is 0.153. The lowest BCUT2D eigenvalue weighted by atomic mass is 10.0. The summed E-state index contributed by atoms with van der Waals surface area (Å²) in [5.74, 6) is 6.48. The van der Waals surface area contributed by atoms with Gasteiger partial charge in [0.15, 0.2) is 0 Å². The van der Waals surface area contributed by atoms with Crippen LogP contribution in [0.25, 0.3) is 0 Å². The molecule has 0 aromatic heterocycles. The number of carboxylic acid groups (broad SMARTS) is 2. The molecule has 0 radical (unpaired) electrons. The molecule has 0 saturated carbocycles. The Hall–Kier alpha value is -1.30. The Morgan fingerprint density at radius 1 is 0.941 bits per heavy atom. The van der Waals surface area contributed by atoms with Crippen molar-refractivity contribution in [2.45, 2.75) is 30.7 Å². The van der Waals surface area contributed by atoms with Crippen molar-refractivity contribution in [3.63, 3.8) is 0 Å². The zero-order chi connectivity index (χ0) is 13.7. The summed E-state index contributed by atoms with van der Waals surface area (Å²) in [6, 6.07) is 0. The average molecular weight is 252 g/mol. The summed E-state index contributed by atoms with van der Waals surface area (Å²) in [6.07, 6.45) is -0.966. The number of rotatable bonds is 8. The van der Waals surface area contributed by atoms with Crippen LogP contribution in [0, 0.1) is 0 Å². The van der Waals surface area contributed by atoms with Gasteiger partial charge in [-0.1, -0.05) is 0 Å². The number of aliphatic hydroxyl groups is 2. The minimum Gasteiger partial charge on any atom is -0.478 e. The second-order valence-corrected chi connectivity index (χ2v) is 3.47. The van der Waals surface area contributed by atoms with Crippen LogP contribution in [-0.2, 0) is 9.59 Å². The van der Waals surface area contributed by atoms with Crippen LogP contribution in [0.4, 0.5) is 0 Å². The maximum Gasteiger partial charge on any atom is 0.352 e. The first-order valence-corrected chi connectivity index (χ1v) is 4.59. The van der Waals surface area contributed by atoms with Gasteiger partial charge in [0.25, 0.3) is 0 Å². The number of aliphatic carboxylic acids is 2. The lowest BCUT2D eigenvalue weighted by Crippen LogP contribution is -2.57. The maximum atomic E-state index is 10.6. The molecule has 0 aliphatic heterocycles. The van der Waals surface area contributed by atoms with Crippen LogP contribution in [-0.4, -0.2) is 43.8 Å². The van der Waals surface area contributed by atoms with Gasteiger partial charge >= 0.3 is 11.9 Å². The van der Waals surface area contributed by atoms with E-state index in [4.69, 9.17) is 21.9 Å². The molecular weight excluding hydrogens is 236 g/mol. The van der Waals surface area contributed by atoms with Crippen molar-refractivity contribution in [2.24, 2.45) is 11.7 Å². The first-order valence-electron chi connectivity index (χ1n) is 4.59. The molecule has 0 rings (SSSR count). The normalized spacial score (nSPS) is 18.1. The van der Waals surface area contributed by atoms with Crippen LogP contribution in [0.15, 0.2) is 0 Å². The fourth-order valence-corrected chi connectivity index (χ4v) is 1.08. The Bertz CT molecular complexity index is 272. The van der Waals surface area contributed by atoms with Gasteiger partial charge in [-0.2, -0.15) is 0 Å². The summed E-state index contributed by atoms with van der Waals surface area (Å²) in [7, 11) is 0. The van der Waals surface area contributed by atoms with E-state index in [0.717, 1.165) is 0 Å². The number of hydrazine groups is 2. The van der Waals surface area contributed by atoms with Gasteiger partial charge in [0.1, 0.15) is 0 Å². The van der Waals surface area contributed by atoms with Crippen LogP contribution in [0.1, 0.15) is 19.3 Å². The molecule has 0 heterocycles. The molecule has 0 bridgehead atoms. The van der Waals surface area contributed by atoms with Gasteiger partial charge in [0.05, 0.1) is 0 Å². The summed E-state index contributed by atoms with van der Waals surface area (Å²) in [5.41, 5.74) is -1.39. The predicted octanol–water partition coefficient (Wildman–Crippen LogP) is -3.37. The predicted molar refractivity (Wildman–Crippen MR) is 53.7 cm³/mol. The molecule has 10 nitrogen and oxygen atoms in total. The van der Waals surface area contributed by atoms with Gasteiger partial charge in [0, 0.05) is 12.8 Å². The Morgan fingerprint density at radius 2 is 1.24 bits per heavy atom. The maximum absolute atomic E-state index is 10.6. The van der Waals surface area contributed by atoms with Gasteiger partial charge in [-0.05, 0) is 6.42 Å². The van der Waals surface area contributed by atoms with Gasteiger partial charge in [-0.25, -0.2) is 20.4 Å². The highest BCUT2D eigenvalue weighted by Crippen LogP contribution is 2.16. The zero-order valence-electron chi connectivity index (χ0n) is 8.88. The van der Waals surface area contributed by atoms with E-state index in [1.165, 1.54) is 0 Å². The quantitative estimate of drug-likeness (QED) is 0.123. The van der Waals surface area contributed by atoms with E-state index >= 15 is 0 Å². The molecule has 100 valence electrons. The zero-order valence-corrected chi connectivity index (χ0v) is 8.88. The molecule has 10 heteroatoms. The van der Waals surface area contributed by atoms with Gasteiger partial charge in [-0.15, -0.1) is 0 Å². The van der Waals surface area contributed by atoms with Crippen LogP contribution >= 0.6 is 0 Å². The van der Waals surface area contributed by atoms with Gasteiger partial charge in [-0.3, -0.25) is 11.7 Å². The van der Waals surface area contributed by atoms with E-state index < -0.39 is 36.2 Å². The number of carbonyl (C=O) groups is 2. The third-order valence-corrected chi connectivity index (χ3v) is 2.26. The fourth-order valence-electron chi connectivity index (χ4n) is 1.08. The van der Waals surface area contributed by atoms with Crippen LogP contribution in [0.2, 0.25) is 0 Å². The second kappa shape index (κ2) is 5.86. The smallest absolute Gasteiger partial charge is 0.352 e. The van der Waals surface area contributed by atoms with Crippen molar-refractivity contribution in [1.82, 2.24) is 10.9 Å². The third-order valence-electron chi connectivity index (χ3n) is 2.26. The molecule has 0 amide bonds. The second-order valence-electron chi connectivity index (χ2n) is 3.47. The van der Waals surface area contributed by atoms with E-state index in [9.17, 15) is 19.8 Å². The molecule has 0 fully saturated rings. The lowest BCUT2D eigenvalue weighted by molar-refractivity contribution is -0.166. The number of carboxylic acids is 2. The highest BCUT2D eigenvalue weighted by atomic mass is 16.4. The summed E-state index contributed by atoms with van der Waals surface area (Å²) in [5, 5.41) is 36.0. The van der Waals surface area contributed by atoms with Crippen LogP contribution < -0.4 is 22.5 Å². The van der Waals surface area contributed by atoms with Crippen molar-refractivity contribution in [1.29, 1.82) is 0 Å². The largest absolute Gasteiger partial charge is 0.478 e. The first-order chi connectivity index (χ1) is 7.72. The van der Waals surface area contributed by atoms with E-state index in [1.54, 1.807) is 10.9 Å². The standard InChI is InChI=1S/C7H16N4O6/c8-10-6(16,4(12)13)2-1-3-7(17,11-9)5(14)15/h10-11,16-17H,1-3,8-9H2,(H,12,13)(H,14,15)/t6-,7-/m1/s1. The summed E-state index contributed by atoms with van der Waals surface area (Å²) < 4.78 is 0. The Labute approximate surface area is 96.1 Å². The highest BCUT2D eigenvalue weighted by molar-refractivity contribution is 5.77. The van der Waals surface area contributed by atoms with E-state index in [-0.39, 0.29) is 6.42 Å². The SMILES string of the molecule is NN[C@@](O)(CCC[C@](O)(NN)C(=O)O)C(=O)O. The minimum atomic E-state index is -2.38. The average Bonchev–Trinajstić information content (AvgIpc) is 2.27. The first kappa shape index (κ1) is 15.7. The molecule has 17 heavy (non-hydrogen) atoms. The molecule has 0 aromatic carbocycles. The summed E-state index contributed by atoms with van der Waals surface area (Å²) in [6.45, 7) is 0. The van der Waals surface area contributed by atoms with Crippen molar-refractivity contribution in [3.8, 4) is 0 Å². The number of nitrogens with one attached hydrogen (secondary N) is 2. The molecule has 2 atom stereocenters. The number of nitrogens with two attached hydrogens (primary N) is 2. The van der Waals surface area contributed by atoms with E-state index in [0.29, 0.717) is 0 Å². The van der Waals surface area contributed by atoms with E-state index in [1.807, 2.05) is 0 Å². The highest BCUT2D eigenvalue weighted by Gasteiger charge is 2.38. The molecule has 0 spiro atoms. The summed E-state index contributed by atoms with van der Waals surface area (Å²) in [4.78, 5) is 21.2.